The van der Waals surface area contributed by atoms with Crippen molar-refractivity contribution in [3.63, 3.8) is 0 Å². The summed E-state index contributed by atoms with van der Waals surface area (Å²) < 4.78 is 25.6. The van der Waals surface area contributed by atoms with Gasteiger partial charge in [0.05, 0.1) is 31.7 Å². The van der Waals surface area contributed by atoms with Crippen LogP contribution in [0.3, 0.4) is 0 Å². The van der Waals surface area contributed by atoms with Gasteiger partial charge in [-0.25, -0.2) is 9.07 Å². The molecule has 24 heavy (non-hydrogen) atoms. The highest BCUT2D eigenvalue weighted by atomic mass is 19.1. The van der Waals surface area contributed by atoms with Gasteiger partial charge in [0.1, 0.15) is 5.82 Å². The van der Waals surface area contributed by atoms with E-state index in [0.29, 0.717) is 44.3 Å². The Kier molecular flexibility index (Phi) is 5.10. The standard InChI is InChI=1S/C17H20FN3O3/c1-2-9-24-15-12-21(14-5-3-13(18)4-6-14)19-16(15)17(22)20-7-10-23-11-8-20/h3-6,12H,2,7-11H2,1H3. The molecule has 1 amide bonds. The van der Waals surface area contributed by atoms with Gasteiger partial charge < -0.3 is 14.4 Å². The number of morpholine rings is 1. The van der Waals surface area contributed by atoms with E-state index < -0.39 is 0 Å². The molecule has 0 aliphatic carbocycles. The first-order valence-electron chi connectivity index (χ1n) is 8.04. The maximum absolute atomic E-state index is 13.1. The summed E-state index contributed by atoms with van der Waals surface area (Å²) in [5, 5.41) is 4.38. The average Bonchev–Trinajstić information content (AvgIpc) is 3.04. The molecule has 7 heteroatoms. The number of rotatable bonds is 5. The third-order valence-electron chi connectivity index (χ3n) is 3.73. The third kappa shape index (κ3) is 3.56. The van der Waals surface area contributed by atoms with Gasteiger partial charge in [0.15, 0.2) is 11.4 Å². The summed E-state index contributed by atoms with van der Waals surface area (Å²) in [5.74, 6) is -0.0547. The van der Waals surface area contributed by atoms with Crippen LogP contribution in [0.15, 0.2) is 30.5 Å². The first-order valence-corrected chi connectivity index (χ1v) is 8.04. The van der Waals surface area contributed by atoms with Crippen LogP contribution in [-0.4, -0.2) is 53.5 Å². The molecular formula is C17H20FN3O3. The van der Waals surface area contributed by atoms with Gasteiger partial charge >= 0.3 is 0 Å². The van der Waals surface area contributed by atoms with Crippen LogP contribution in [0.4, 0.5) is 4.39 Å². The molecule has 1 aromatic carbocycles. The Morgan fingerprint density at radius 3 is 2.67 bits per heavy atom. The molecule has 0 spiro atoms. The van der Waals surface area contributed by atoms with Crippen molar-refractivity contribution in [1.82, 2.24) is 14.7 Å². The van der Waals surface area contributed by atoms with Crippen LogP contribution in [0.5, 0.6) is 5.75 Å². The number of benzene rings is 1. The number of halogens is 1. The smallest absolute Gasteiger partial charge is 0.278 e. The number of carbonyl (C=O) groups excluding carboxylic acids is 1. The largest absolute Gasteiger partial charge is 0.489 e. The highest BCUT2D eigenvalue weighted by Crippen LogP contribution is 2.22. The SMILES string of the molecule is CCCOc1cn(-c2ccc(F)cc2)nc1C(=O)N1CCOCC1. The fraction of sp³-hybridized carbons (Fsp3) is 0.412. The monoisotopic (exact) mass is 333 g/mol. The molecule has 1 aromatic heterocycles. The summed E-state index contributed by atoms with van der Waals surface area (Å²) >= 11 is 0. The molecule has 3 rings (SSSR count). The fourth-order valence-electron chi connectivity index (χ4n) is 2.47. The second-order valence-corrected chi connectivity index (χ2v) is 5.52. The topological polar surface area (TPSA) is 56.6 Å². The van der Waals surface area contributed by atoms with E-state index in [1.807, 2.05) is 6.92 Å². The van der Waals surface area contributed by atoms with Crippen molar-refractivity contribution < 1.29 is 18.7 Å². The van der Waals surface area contributed by atoms with Crippen LogP contribution in [-0.2, 0) is 4.74 Å². The number of hydrogen-bond donors (Lipinski definition) is 0. The lowest BCUT2D eigenvalue weighted by molar-refractivity contribution is 0.0296. The van der Waals surface area contributed by atoms with Crippen molar-refractivity contribution in [1.29, 1.82) is 0 Å². The van der Waals surface area contributed by atoms with Crippen molar-refractivity contribution in [2.75, 3.05) is 32.9 Å². The van der Waals surface area contributed by atoms with E-state index in [-0.39, 0.29) is 17.4 Å². The van der Waals surface area contributed by atoms with E-state index in [2.05, 4.69) is 5.10 Å². The Morgan fingerprint density at radius 1 is 1.29 bits per heavy atom. The van der Waals surface area contributed by atoms with Gasteiger partial charge in [-0.3, -0.25) is 4.79 Å². The number of nitrogens with zero attached hydrogens (tertiary/aromatic N) is 3. The van der Waals surface area contributed by atoms with Crippen LogP contribution in [0.1, 0.15) is 23.8 Å². The Bertz CT molecular complexity index is 694. The predicted molar refractivity (Wildman–Crippen MR) is 86.0 cm³/mol. The molecule has 0 bridgehead atoms. The summed E-state index contributed by atoms with van der Waals surface area (Å²) in [4.78, 5) is 14.4. The summed E-state index contributed by atoms with van der Waals surface area (Å²) in [6.07, 6.45) is 2.49. The lowest BCUT2D eigenvalue weighted by Gasteiger charge is -2.26. The highest BCUT2D eigenvalue weighted by molar-refractivity contribution is 5.95. The van der Waals surface area contributed by atoms with Crippen LogP contribution < -0.4 is 4.74 Å². The van der Waals surface area contributed by atoms with Crippen molar-refractivity contribution in [3.8, 4) is 11.4 Å². The van der Waals surface area contributed by atoms with E-state index in [0.717, 1.165) is 6.42 Å². The van der Waals surface area contributed by atoms with Gasteiger partial charge in [-0.1, -0.05) is 6.92 Å². The number of aromatic nitrogens is 2. The molecule has 0 N–H and O–H groups in total. The quantitative estimate of drug-likeness (QED) is 0.842. The van der Waals surface area contributed by atoms with Crippen molar-refractivity contribution in [2.24, 2.45) is 0 Å². The molecule has 1 fully saturated rings. The lowest BCUT2D eigenvalue weighted by Crippen LogP contribution is -2.41. The molecule has 0 atom stereocenters. The summed E-state index contributed by atoms with van der Waals surface area (Å²) in [5.41, 5.74) is 0.938. The first-order chi connectivity index (χ1) is 11.7. The molecule has 1 aliphatic rings. The lowest BCUT2D eigenvalue weighted by atomic mass is 10.3. The van der Waals surface area contributed by atoms with Crippen LogP contribution in [0.25, 0.3) is 5.69 Å². The zero-order chi connectivity index (χ0) is 16.9. The Balaban J connectivity index is 1.90. The Morgan fingerprint density at radius 2 is 2.00 bits per heavy atom. The molecule has 2 heterocycles. The van der Waals surface area contributed by atoms with Crippen molar-refractivity contribution in [3.05, 3.63) is 42.0 Å². The average molecular weight is 333 g/mol. The number of carbonyl (C=O) groups is 1. The third-order valence-corrected chi connectivity index (χ3v) is 3.73. The normalized spacial score (nSPS) is 14.7. The molecule has 0 saturated carbocycles. The van der Waals surface area contributed by atoms with Gasteiger partial charge in [0.25, 0.3) is 5.91 Å². The maximum atomic E-state index is 13.1. The second kappa shape index (κ2) is 7.44. The Hall–Kier alpha value is -2.41. The van der Waals surface area contributed by atoms with Gasteiger partial charge in [-0.2, -0.15) is 5.10 Å². The zero-order valence-corrected chi connectivity index (χ0v) is 13.6. The van der Waals surface area contributed by atoms with E-state index in [1.54, 1.807) is 23.2 Å². The predicted octanol–water partition coefficient (Wildman–Crippen LogP) is 2.27. The van der Waals surface area contributed by atoms with Crippen LogP contribution >= 0.6 is 0 Å². The molecule has 128 valence electrons. The van der Waals surface area contributed by atoms with E-state index in [9.17, 15) is 9.18 Å². The number of hydrogen-bond acceptors (Lipinski definition) is 4. The van der Waals surface area contributed by atoms with Crippen LogP contribution in [0, 0.1) is 5.82 Å². The fourth-order valence-corrected chi connectivity index (χ4v) is 2.47. The molecule has 1 aliphatic heterocycles. The van der Waals surface area contributed by atoms with E-state index >= 15 is 0 Å². The van der Waals surface area contributed by atoms with Gasteiger partial charge in [-0.05, 0) is 30.7 Å². The molecule has 1 saturated heterocycles. The minimum absolute atomic E-state index is 0.176. The molecule has 0 radical (unpaired) electrons. The molecular weight excluding hydrogens is 313 g/mol. The minimum atomic E-state index is -0.321. The maximum Gasteiger partial charge on any atom is 0.278 e. The second-order valence-electron chi connectivity index (χ2n) is 5.52. The molecule has 0 unspecified atom stereocenters. The molecule has 6 nitrogen and oxygen atoms in total. The zero-order valence-electron chi connectivity index (χ0n) is 13.6. The number of amides is 1. The van der Waals surface area contributed by atoms with Crippen molar-refractivity contribution in [2.45, 2.75) is 13.3 Å². The minimum Gasteiger partial charge on any atom is -0.489 e. The van der Waals surface area contributed by atoms with Gasteiger partial charge in [0.2, 0.25) is 0 Å². The summed E-state index contributed by atoms with van der Waals surface area (Å²) in [6, 6.07) is 5.92. The molecule has 2 aromatic rings. The summed E-state index contributed by atoms with van der Waals surface area (Å²) in [6.45, 7) is 4.61. The van der Waals surface area contributed by atoms with E-state index in [1.165, 1.54) is 16.8 Å². The number of ether oxygens (including phenoxy) is 2. The Labute approximate surface area is 139 Å². The van der Waals surface area contributed by atoms with Crippen molar-refractivity contribution >= 4 is 5.91 Å². The van der Waals surface area contributed by atoms with E-state index in [4.69, 9.17) is 9.47 Å². The summed E-state index contributed by atoms with van der Waals surface area (Å²) in [7, 11) is 0. The highest BCUT2D eigenvalue weighted by Gasteiger charge is 2.25. The van der Waals surface area contributed by atoms with Crippen LogP contribution in [0.2, 0.25) is 0 Å². The van der Waals surface area contributed by atoms with Gasteiger partial charge in [0, 0.05) is 13.1 Å². The first kappa shape index (κ1) is 16.4. The van der Waals surface area contributed by atoms with Gasteiger partial charge in [-0.15, -0.1) is 0 Å².